The zero-order chi connectivity index (χ0) is 24.5. The fourth-order valence-corrected chi connectivity index (χ4v) is 5.26. The molecule has 1 N–H and O–H groups in total. The van der Waals surface area contributed by atoms with Crippen LogP contribution in [0, 0.1) is 20.8 Å². The predicted octanol–water partition coefficient (Wildman–Crippen LogP) is 4.18. The molecule has 1 amide bonds. The van der Waals surface area contributed by atoms with Crippen LogP contribution in [0.1, 0.15) is 16.7 Å². The maximum absolute atomic E-state index is 13.8. The SMILES string of the molecule is COc1ccc(C)cc1S(=O)(=O)N(CC(=O)Nc1ccc2c(c1)OCO2)c1ccc(C)c(C)c1. The fraction of sp³-hybridized carbons (Fsp3) is 0.240. The molecule has 0 unspecified atom stereocenters. The number of anilines is 2. The van der Waals surface area contributed by atoms with E-state index in [9.17, 15) is 13.2 Å². The van der Waals surface area contributed by atoms with Crippen LogP contribution in [0.4, 0.5) is 11.4 Å². The quantitative estimate of drug-likeness (QED) is 0.543. The molecule has 1 aliphatic rings. The zero-order valence-corrected chi connectivity index (χ0v) is 20.2. The minimum absolute atomic E-state index is 0.0101. The standard InChI is InChI=1S/C25H26N2O6S/c1-16-5-9-22(31-4)24(11-16)34(29,30)27(20-8-6-17(2)18(3)12-20)14-25(28)26-19-7-10-21-23(13-19)33-15-32-21/h5-13H,14-15H2,1-4H3,(H,26,28). The zero-order valence-electron chi connectivity index (χ0n) is 19.4. The summed E-state index contributed by atoms with van der Waals surface area (Å²) in [6.07, 6.45) is 0. The molecule has 0 bridgehead atoms. The minimum Gasteiger partial charge on any atom is -0.495 e. The van der Waals surface area contributed by atoms with E-state index >= 15 is 0 Å². The summed E-state index contributed by atoms with van der Waals surface area (Å²) in [4.78, 5) is 13.0. The van der Waals surface area contributed by atoms with Crippen LogP contribution in [-0.4, -0.2) is 34.8 Å². The number of carbonyl (C=O) groups is 1. The maximum Gasteiger partial charge on any atom is 0.268 e. The lowest BCUT2D eigenvalue weighted by atomic mass is 10.1. The Balaban J connectivity index is 1.70. The average molecular weight is 483 g/mol. The average Bonchev–Trinajstić information content (AvgIpc) is 3.27. The Morgan fingerprint density at radius 3 is 2.47 bits per heavy atom. The number of ether oxygens (including phenoxy) is 3. The number of fused-ring (bicyclic) bond motifs is 1. The third-order valence-electron chi connectivity index (χ3n) is 5.61. The van der Waals surface area contributed by atoms with E-state index in [1.54, 1.807) is 49.4 Å². The summed E-state index contributed by atoms with van der Waals surface area (Å²) in [6.45, 7) is 5.31. The molecule has 0 spiro atoms. The Labute approximate surface area is 199 Å². The van der Waals surface area contributed by atoms with Crippen molar-refractivity contribution in [2.24, 2.45) is 0 Å². The van der Waals surface area contributed by atoms with Gasteiger partial charge in [-0.1, -0.05) is 12.1 Å². The summed E-state index contributed by atoms with van der Waals surface area (Å²) < 4.78 is 44.7. The highest BCUT2D eigenvalue weighted by Gasteiger charge is 2.30. The van der Waals surface area contributed by atoms with Gasteiger partial charge in [0.15, 0.2) is 11.5 Å². The second-order valence-corrected chi connectivity index (χ2v) is 9.88. The van der Waals surface area contributed by atoms with Crippen LogP contribution >= 0.6 is 0 Å². The summed E-state index contributed by atoms with van der Waals surface area (Å²) in [5.41, 5.74) is 3.53. The molecule has 4 rings (SSSR count). The van der Waals surface area contributed by atoms with Gasteiger partial charge in [-0.2, -0.15) is 0 Å². The molecule has 0 aromatic heterocycles. The molecule has 34 heavy (non-hydrogen) atoms. The monoisotopic (exact) mass is 482 g/mol. The Kier molecular flexibility index (Phi) is 6.39. The van der Waals surface area contributed by atoms with E-state index in [0.717, 1.165) is 21.0 Å². The molecule has 178 valence electrons. The van der Waals surface area contributed by atoms with Gasteiger partial charge in [0.1, 0.15) is 17.2 Å². The van der Waals surface area contributed by atoms with E-state index in [-0.39, 0.29) is 17.4 Å². The highest BCUT2D eigenvalue weighted by Crippen LogP contribution is 2.35. The second kappa shape index (κ2) is 9.26. The number of nitrogens with zero attached hydrogens (tertiary/aromatic N) is 1. The summed E-state index contributed by atoms with van der Waals surface area (Å²) in [7, 11) is -2.73. The Hall–Kier alpha value is -3.72. The van der Waals surface area contributed by atoms with Gasteiger partial charge in [0, 0.05) is 11.8 Å². The van der Waals surface area contributed by atoms with E-state index in [4.69, 9.17) is 14.2 Å². The number of nitrogens with one attached hydrogen (secondary N) is 1. The maximum atomic E-state index is 13.8. The van der Waals surface area contributed by atoms with Crippen molar-refractivity contribution in [1.82, 2.24) is 0 Å². The van der Waals surface area contributed by atoms with Gasteiger partial charge in [-0.3, -0.25) is 9.10 Å². The van der Waals surface area contributed by atoms with Crippen molar-refractivity contribution in [3.8, 4) is 17.2 Å². The van der Waals surface area contributed by atoms with Gasteiger partial charge in [0.25, 0.3) is 10.0 Å². The first-order valence-corrected chi connectivity index (χ1v) is 12.1. The van der Waals surface area contributed by atoms with E-state index in [0.29, 0.717) is 22.9 Å². The molecule has 0 aliphatic carbocycles. The van der Waals surface area contributed by atoms with Crippen molar-refractivity contribution in [2.45, 2.75) is 25.7 Å². The van der Waals surface area contributed by atoms with Gasteiger partial charge in [-0.05, 0) is 73.9 Å². The first-order chi connectivity index (χ1) is 16.2. The van der Waals surface area contributed by atoms with Gasteiger partial charge < -0.3 is 19.5 Å². The summed E-state index contributed by atoms with van der Waals surface area (Å²) in [6, 6.07) is 15.2. The number of amides is 1. The van der Waals surface area contributed by atoms with Crippen molar-refractivity contribution >= 4 is 27.3 Å². The van der Waals surface area contributed by atoms with Crippen molar-refractivity contribution in [3.05, 3.63) is 71.3 Å². The lowest BCUT2D eigenvalue weighted by molar-refractivity contribution is -0.114. The molecule has 3 aromatic rings. The van der Waals surface area contributed by atoms with E-state index in [1.165, 1.54) is 13.2 Å². The van der Waals surface area contributed by atoms with Gasteiger partial charge >= 0.3 is 0 Å². The van der Waals surface area contributed by atoms with Crippen molar-refractivity contribution in [3.63, 3.8) is 0 Å². The van der Waals surface area contributed by atoms with E-state index < -0.39 is 22.5 Å². The van der Waals surface area contributed by atoms with E-state index in [1.807, 2.05) is 19.9 Å². The molecule has 0 atom stereocenters. The Morgan fingerprint density at radius 1 is 0.971 bits per heavy atom. The van der Waals surface area contributed by atoms with Crippen LogP contribution in [-0.2, 0) is 14.8 Å². The molecule has 1 aliphatic heterocycles. The van der Waals surface area contributed by atoms with Crippen molar-refractivity contribution in [2.75, 3.05) is 30.1 Å². The lowest BCUT2D eigenvalue weighted by Gasteiger charge is -2.26. The number of hydrogen-bond acceptors (Lipinski definition) is 6. The fourth-order valence-electron chi connectivity index (χ4n) is 3.61. The van der Waals surface area contributed by atoms with Gasteiger partial charge in [-0.25, -0.2) is 8.42 Å². The number of hydrogen-bond donors (Lipinski definition) is 1. The number of rotatable bonds is 7. The smallest absolute Gasteiger partial charge is 0.268 e. The first kappa shape index (κ1) is 23.4. The Morgan fingerprint density at radius 2 is 1.74 bits per heavy atom. The molecular formula is C25H26N2O6S. The minimum atomic E-state index is -4.14. The number of aryl methyl sites for hydroxylation is 3. The molecule has 0 radical (unpaired) electrons. The largest absolute Gasteiger partial charge is 0.495 e. The predicted molar refractivity (Wildman–Crippen MR) is 129 cm³/mol. The van der Waals surface area contributed by atoms with Gasteiger partial charge in [0.2, 0.25) is 12.7 Å². The van der Waals surface area contributed by atoms with Crippen LogP contribution in [0.15, 0.2) is 59.5 Å². The van der Waals surface area contributed by atoms with Crippen molar-refractivity contribution < 1.29 is 27.4 Å². The summed E-state index contributed by atoms with van der Waals surface area (Å²) >= 11 is 0. The van der Waals surface area contributed by atoms with Crippen LogP contribution in [0.25, 0.3) is 0 Å². The van der Waals surface area contributed by atoms with Gasteiger partial charge in [0.05, 0.1) is 12.8 Å². The molecule has 8 nitrogen and oxygen atoms in total. The lowest BCUT2D eigenvalue weighted by Crippen LogP contribution is -2.38. The highest BCUT2D eigenvalue weighted by atomic mass is 32.2. The summed E-state index contributed by atoms with van der Waals surface area (Å²) in [5, 5.41) is 2.75. The molecule has 0 fully saturated rings. The second-order valence-electron chi connectivity index (χ2n) is 8.05. The molecule has 9 heteroatoms. The van der Waals surface area contributed by atoms with Crippen LogP contribution in [0.3, 0.4) is 0 Å². The Bertz CT molecular complexity index is 1350. The summed E-state index contributed by atoms with van der Waals surface area (Å²) in [5.74, 6) is 0.799. The number of benzene rings is 3. The van der Waals surface area contributed by atoms with Crippen LogP contribution < -0.4 is 23.8 Å². The number of methoxy groups -OCH3 is 1. The topological polar surface area (TPSA) is 94.2 Å². The molecular weight excluding hydrogens is 456 g/mol. The first-order valence-electron chi connectivity index (χ1n) is 10.6. The molecule has 0 saturated heterocycles. The number of carbonyl (C=O) groups excluding carboxylic acids is 1. The molecule has 0 saturated carbocycles. The van der Waals surface area contributed by atoms with Gasteiger partial charge in [-0.15, -0.1) is 0 Å². The van der Waals surface area contributed by atoms with E-state index in [2.05, 4.69) is 5.32 Å². The van der Waals surface area contributed by atoms with Crippen molar-refractivity contribution in [1.29, 1.82) is 0 Å². The molecule has 1 heterocycles. The van der Waals surface area contributed by atoms with Crippen LogP contribution in [0.2, 0.25) is 0 Å². The highest BCUT2D eigenvalue weighted by molar-refractivity contribution is 7.93. The number of sulfonamides is 1. The third kappa shape index (κ3) is 4.65. The molecule has 3 aromatic carbocycles. The third-order valence-corrected chi connectivity index (χ3v) is 7.40. The normalized spacial score (nSPS) is 12.4. The van der Waals surface area contributed by atoms with Crippen LogP contribution in [0.5, 0.6) is 17.2 Å².